The Morgan fingerprint density at radius 3 is 2.41 bits per heavy atom. The summed E-state index contributed by atoms with van der Waals surface area (Å²) in [6.07, 6.45) is 4.07. The molecule has 1 fully saturated rings. The second kappa shape index (κ2) is 7.46. The number of rotatable bonds is 4. The second-order valence-electron chi connectivity index (χ2n) is 8.52. The van der Waals surface area contributed by atoms with Crippen molar-refractivity contribution in [2.24, 2.45) is 0 Å². The first-order valence-electron chi connectivity index (χ1n) is 9.64. The molecule has 1 aliphatic rings. The smallest absolute Gasteiger partial charge is 0.230 e. The molecule has 7 nitrogen and oxygen atoms in total. The van der Waals surface area contributed by atoms with Crippen molar-refractivity contribution >= 4 is 5.91 Å². The van der Waals surface area contributed by atoms with Gasteiger partial charge in [-0.15, -0.1) is 0 Å². The van der Waals surface area contributed by atoms with Crippen LogP contribution in [-0.4, -0.2) is 56.8 Å². The number of hydrogen-bond donors (Lipinski definition) is 0. The molecule has 1 unspecified atom stereocenters. The van der Waals surface area contributed by atoms with E-state index < -0.39 is 0 Å². The average molecular weight is 374 g/mol. The SMILES string of the molecule is Cc1noc(C)c1C(C)C(=O)N1CCN(Cc2cnn(C(C)(C)C)c2)CC1. The lowest BCUT2D eigenvalue weighted by molar-refractivity contribution is -0.134. The van der Waals surface area contributed by atoms with E-state index in [9.17, 15) is 4.79 Å². The van der Waals surface area contributed by atoms with E-state index in [-0.39, 0.29) is 17.4 Å². The maximum atomic E-state index is 12.9. The van der Waals surface area contributed by atoms with Gasteiger partial charge in [0, 0.05) is 50.0 Å². The molecule has 0 aliphatic carbocycles. The van der Waals surface area contributed by atoms with Gasteiger partial charge in [-0.1, -0.05) is 5.16 Å². The maximum absolute atomic E-state index is 12.9. The topological polar surface area (TPSA) is 67.4 Å². The Morgan fingerprint density at radius 1 is 1.22 bits per heavy atom. The molecule has 0 spiro atoms. The Hall–Kier alpha value is -2.15. The molecule has 1 amide bonds. The molecule has 27 heavy (non-hydrogen) atoms. The van der Waals surface area contributed by atoms with Crippen molar-refractivity contribution < 1.29 is 9.32 Å². The van der Waals surface area contributed by atoms with E-state index >= 15 is 0 Å². The predicted molar refractivity (Wildman–Crippen MR) is 103 cm³/mol. The van der Waals surface area contributed by atoms with Crippen LogP contribution >= 0.6 is 0 Å². The van der Waals surface area contributed by atoms with Gasteiger partial charge in [0.1, 0.15) is 5.76 Å². The summed E-state index contributed by atoms with van der Waals surface area (Å²) in [6, 6.07) is 0. The molecule has 0 radical (unpaired) electrons. The van der Waals surface area contributed by atoms with Crippen molar-refractivity contribution in [1.29, 1.82) is 0 Å². The molecule has 3 rings (SSSR count). The summed E-state index contributed by atoms with van der Waals surface area (Å²) in [5, 5.41) is 8.46. The van der Waals surface area contributed by atoms with Gasteiger partial charge >= 0.3 is 0 Å². The standard InChI is InChI=1S/C20H31N5O2/c1-14(18-15(2)22-27-16(18)3)19(26)24-9-7-23(8-10-24)12-17-11-21-25(13-17)20(4,5)6/h11,13-14H,7-10,12H2,1-6H3. The highest BCUT2D eigenvalue weighted by Gasteiger charge is 2.29. The van der Waals surface area contributed by atoms with Gasteiger partial charge in [0.15, 0.2) is 0 Å². The molecule has 148 valence electrons. The van der Waals surface area contributed by atoms with Crippen molar-refractivity contribution in [1.82, 2.24) is 24.7 Å². The van der Waals surface area contributed by atoms with Crippen molar-refractivity contribution in [2.45, 2.75) is 59.5 Å². The van der Waals surface area contributed by atoms with Crippen LogP contribution in [0.25, 0.3) is 0 Å². The zero-order chi connectivity index (χ0) is 19.8. The van der Waals surface area contributed by atoms with Crippen LogP contribution in [0.3, 0.4) is 0 Å². The largest absolute Gasteiger partial charge is 0.361 e. The number of hydrogen-bond acceptors (Lipinski definition) is 5. The van der Waals surface area contributed by atoms with Crippen LogP contribution in [0.2, 0.25) is 0 Å². The fourth-order valence-corrected chi connectivity index (χ4v) is 3.70. The van der Waals surface area contributed by atoms with E-state index in [2.05, 4.69) is 42.1 Å². The first-order valence-corrected chi connectivity index (χ1v) is 9.64. The quantitative estimate of drug-likeness (QED) is 0.824. The van der Waals surface area contributed by atoms with E-state index in [1.165, 1.54) is 5.56 Å². The maximum Gasteiger partial charge on any atom is 0.230 e. The Labute approximate surface area is 161 Å². The predicted octanol–water partition coefficient (Wildman–Crippen LogP) is 2.69. The van der Waals surface area contributed by atoms with Crippen LogP contribution in [0.15, 0.2) is 16.9 Å². The second-order valence-corrected chi connectivity index (χ2v) is 8.52. The molecule has 0 N–H and O–H groups in total. The van der Waals surface area contributed by atoms with E-state index in [4.69, 9.17) is 4.52 Å². The summed E-state index contributed by atoms with van der Waals surface area (Å²) in [4.78, 5) is 17.3. The number of piperazine rings is 1. The Morgan fingerprint density at radius 2 is 1.89 bits per heavy atom. The van der Waals surface area contributed by atoms with Crippen LogP contribution in [0.1, 0.15) is 56.2 Å². The summed E-state index contributed by atoms with van der Waals surface area (Å²) >= 11 is 0. The van der Waals surface area contributed by atoms with Crippen LogP contribution in [0, 0.1) is 13.8 Å². The van der Waals surface area contributed by atoms with Crippen molar-refractivity contribution in [2.75, 3.05) is 26.2 Å². The summed E-state index contributed by atoms with van der Waals surface area (Å²) in [6.45, 7) is 16.3. The molecule has 2 aromatic rings. The summed E-state index contributed by atoms with van der Waals surface area (Å²) in [5.74, 6) is 0.681. The van der Waals surface area contributed by atoms with Crippen molar-refractivity contribution in [3.8, 4) is 0 Å². The average Bonchev–Trinajstić information content (AvgIpc) is 3.21. The number of carbonyl (C=O) groups excluding carboxylic acids is 1. The fraction of sp³-hybridized carbons (Fsp3) is 0.650. The molecule has 1 saturated heterocycles. The van der Waals surface area contributed by atoms with Gasteiger partial charge in [0.2, 0.25) is 5.91 Å². The summed E-state index contributed by atoms with van der Waals surface area (Å²) in [7, 11) is 0. The normalized spacial score (nSPS) is 17.3. The number of aryl methyl sites for hydroxylation is 2. The molecular formula is C20H31N5O2. The molecule has 0 bridgehead atoms. The molecule has 3 heterocycles. The van der Waals surface area contributed by atoms with Gasteiger partial charge in [-0.25, -0.2) is 0 Å². The third-order valence-corrected chi connectivity index (χ3v) is 5.31. The number of amides is 1. The van der Waals surface area contributed by atoms with Gasteiger partial charge in [0.05, 0.1) is 23.3 Å². The number of aromatic nitrogens is 3. The molecule has 0 aromatic carbocycles. The Kier molecular flexibility index (Phi) is 5.42. The minimum Gasteiger partial charge on any atom is -0.361 e. The van der Waals surface area contributed by atoms with E-state index in [0.717, 1.165) is 49.7 Å². The fourth-order valence-electron chi connectivity index (χ4n) is 3.70. The Bertz CT molecular complexity index is 774. The molecule has 1 atom stereocenters. The summed E-state index contributed by atoms with van der Waals surface area (Å²) < 4.78 is 7.23. The monoisotopic (exact) mass is 373 g/mol. The molecule has 0 saturated carbocycles. The zero-order valence-corrected chi connectivity index (χ0v) is 17.3. The lowest BCUT2D eigenvalue weighted by Crippen LogP contribution is -2.49. The number of nitrogens with zero attached hydrogens (tertiary/aromatic N) is 5. The van der Waals surface area contributed by atoms with Gasteiger partial charge in [-0.05, 0) is 41.5 Å². The van der Waals surface area contributed by atoms with Gasteiger partial charge in [-0.2, -0.15) is 5.10 Å². The third-order valence-electron chi connectivity index (χ3n) is 5.31. The molecular weight excluding hydrogens is 342 g/mol. The highest BCUT2D eigenvalue weighted by atomic mass is 16.5. The van der Waals surface area contributed by atoms with Crippen LogP contribution in [0.5, 0.6) is 0 Å². The van der Waals surface area contributed by atoms with Gasteiger partial charge < -0.3 is 9.42 Å². The molecule has 2 aromatic heterocycles. The highest BCUT2D eigenvalue weighted by Crippen LogP contribution is 2.25. The zero-order valence-electron chi connectivity index (χ0n) is 17.3. The molecule has 7 heteroatoms. The first-order chi connectivity index (χ1) is 12.7. The first kappa shape index (κ1) is 19.6. The van der Waals surface area contributed by atoms with E-state index in [1.54, 1.807) is 0 Å². The van der Waals surface area contributed by atoms with E-state index in [1.807, 2.05) is 36.5 Å². The van der Waals surface area contributed by atoms with Gasteiger partial charge in [-0.3, -0.25) is 14.4 Å². The van der Waals surface area contributed by atoms with Crippen molar-refractivity contribution in [3.05, 3.63) is 35.0 Å². The van der Waals surface area contributed by atoms with Crippen LogP contribution in [0.4, 0.5) is 0 Å². The van der Waals surface area contributed by atoms with E-state index in [0.29, 0.717) is 0 Å². The van der Waals surface area contributed by atoms with Crippen molar-refractivity contribution in [3.63, 3.8) is 0 Å². The minimum atomic E-state index is -0.215. The molecule has 1 aliphatic heterocycles. The van der Waals surface area contributed by atoms with Gasteiger partial charge in [0.25, 0.3) is 0 Å². The lowest BCUT2D eigenvalue weighted by Gasteiger charge is -2.35. The lowest BCUT2D eigenvalue weighted by atomic mass is 9.97. The third kappa shape index (κ3) is 4.24. The highest BCUT2D eigenvalue weighted by molar-refractivity contribution is 5.84. The van der Waals surface area contributed by atoms with Crippen LogP contribution in [-0.2, 0) is 16.9 Å². The number of carbonyl (C=O) groups is 1. The summed E-state index contributed by atoms with van der Waals surface area (Å²) in [5.41, 5.74) is 2.95. The van der Waals surface area contributed by atoms with Crippen LogP contribution < -0.4 is 0 Å². The minimum absolute atomic E-state index is 0.00227. The Balaban J connectivity index is 1.55.